The topological polar surface area (TPSA) is 90.6 Å². The molecular formula is C8H14N4O2. The van der Waals surface area contributed by atoms with E-state index >= 15 is 0 Å². The average molecular weight is 198 g/mol. The first-order chi connectivity index (χ1) is 6.63. The van der Waals surface area contributed by atoms with Crippen LogP contribution in [0.1, 0.15) is 26.7 Å². The number of hydrogen-bond acceptors (Lipinski definition) is 4. The molecule has 1 atom stereocenters. The van der Waals surface area contributed by atoms with Gasteiger partial charge < -0.3 is 5.32 Å². The van der Waals surface area contributed by atoms with Crippen LogP contribution in [0.3, 0.4) is 0 Å². The normalized spacial score (nSPS) is 12.4. The Hall–Kier alpha value is -1.59. The van der Waals surface area contributed by atoms with Gasteiger partial charge in [0.25, 0.3) is 5.56 Å². The summed E-state index contributed by atoms with van der Waals surface area (Å²) in [5.41, 5.74) is -1.08. The molecule has 1 aromatic heterocycles. The van der Waals surface area contributed by atoms with Crippen LogP contribution in [0.2, 0.25) is 0 Å². The Bertz CT molecular complexity index is 395. The van der Waals surface area contributed by atoms with Crippen molar-refractivity contribution >= 4 is 5.82 Å². The van der Waals surface area contributed by atoms with Crippen LogP contribution in [0.4, 0.5) is 5.82 Å². The van der Waals surface area contributed by atoms with Gasteiger partial charge in [-0.2, -0.15) is 0 Å². The van der Waals surface area contributed by atoms with Gasteiger partial charge in [0.1, 0.15) is 0 Å². The highest BCUT2D eigenvalue weighted by Gasteiger charge is 2.05. The standard InChI is InChI=1S/C8H14N4O2/c1-3-4-5(2)9-6-7(13)10-8(14)12-11-6/h5H,3-4H2,1-2H3,(H,9,11)(H2,10,12,13,14). The minimum absolute atomic E-state index is 0.158. The summed E-state index contributed by atoms with van der Waals surface area (Å²) in [6.45, 7) is 4.01. The maximum Gasteiger partial charge on any atom is 0.342 e. The molecule has 6 nitrogen and oxygen atoms in total. The third kappa shape index (κ3) is 2.72. The van der Waals surface area contributed by atoms with Gasteiger partial charge in [-0.3, -0.25) is 9.78 Å². The van der Waals surface area contributed by atoms with Crippen LogP contribution < -0.4 is 16.6 Å². The lowest BCUT2D eigenvalue weighted by Gasteiger charge is -2.11. The van der Waals surface area contributed by atoms with E-state index in [-0.39, 0.29) is 11.9 Å². The summed E-state index contributed by atoms with van der Waals surface area (Å²) < 4.78 is 0. The third-order valence-corrected chi connectivity index (χ3v) is 1.82. The first-order valence-electron chi connectivity index (χ1n) is 4.59. The fraction of sp³-hybridized carbons (Fsp3) is 0.625. The molecule has 0 aliphatic heterocycles. The fourth-order valence-corrected chi connectivity index (χ4v) is 1.18. The van der Waals surface area contributed by atoms with Crippen molar-refractivity contribution in [2.75, 3.05) is 5.32 Å². The minimum atomic E-state index is -0.594. The Morgan fingerprint density at radius 1 is 1.50 bits per heavy atom. The molecule has 78 valence electrons. The Labute approximate surface area is 80.8 Å². The Morgan fingerprint density at radius 3 is 2.79 bits per heavy atom. The van der Waals surface area contributed by atoms with Gasteiger partial charge in [0.05, 0.1) is 0 Å². The van der Waals surface area contributed by atoms with Gasteiger partial charge >= 0.3 is 5.69 Å². The lowest BCUT2D eigenvalue weighted by Crippen LogP contribution is -2.29. The predicted octanol–water partition coefficient (Wildman–Crippen LogP) is 0.0587. The van der Waals surface area contributed by atoms with Crippen LogP contribution in [0.25, 0.3) is 0 Å². The van der Waals surface area contributed by atoms with Gasteiger partial charge in [0, 0.05) is 6.04 Å². The Morgan fingerprint density at radius 2 is 2.21 bits per heavy atom. The van der Waals surface area contributed by atoms with Crippen molar-refractivity contribution in [1.29, 1.82) is 0 Å². The van der Waals surface area contributed by atoms with E-state index in [1.54, 1.807) is 0 Å². The van der Waals surface area contributed by atoms with Crippen molar-refractivity contribution in [3.05, 3.63) is 20.8 Å². The van der Waals surface area contributed by atoms with Crippen LogP contribution in [0.15, 0.2) is 9.59 Å². The van der Waals surface area contributed by atoms with E-state index in [9.17, 15) is 9.59 Å². The van der Waals surface area contributed by atoms with Crippen molar-refractivity contribution < 1.29 is 0 Å². The van der Waals surface area contributed by atoms with E-state index in [0.717, 1.165) is 12.8 Å². The SMILES string of the molecule is CCCC(C)Nc1n[nH]c(=O)[nH]c1=O. The zero-order valence-corrected chi connectivity index (χ0v) is 8.26. The second-order valence-electron chi connectivity index (χ2n) is 3.19. The summed E-state index contributed by atoms with van der Waals surface area (Å²) in [5, 5.41) is 8.69. The molecule has 0 spiro atoms. The molecule has 0 aliphatic rings. The van der Waals surface area contributed by atoms with Gasteiger partial charge in [-0.25, -0.2) is 9.89 Å². The van der Waals surface area contributed by atoms with Crippen LogP contribution in [0, 0.1) is 0 Å². The first kappa shape index (κ1) is 10.5. The highest BCUT2D eigenvalue weighted by atomic mass is 16.2. The van der Waals surface area contributed by atoms with Gasteiger partial charge in [-0.15, -0.1) is 5.10 Å². The predicted molar refractivity (Wildman–Crippen MR) is 53.5 cm³/mol. The minimum Gasteiger partial charge on any atom is -0.362 e. The van der Waals surface area contributed by atoms with Gasteiger partial charge in [-0.1, -0.05) is 13.3 Å². The van der Waals surface area contributed by atoms with Crippen LogP contribution in [0.5, 0.6) is 0 Å². The zero-order valence-electron chi connectivity index (χ0n) is 8.26. The highest BCUT2D eigenvalue weighted by molar-refractivity contribution is 5.29. The number of hydrogen-bond donors (Lipinski definition) is 3. The molecule has 0 saturated carbocycles. The van der Waals surface area contributed by atoms with E-state index in [4.69, 9.17) is 0 Å². The van der Waals surface area contributed by atoms with Gasteiger partial charge in [-0.05, 0) is 13.3 Å². The second kappa shape index (κ2) is 4.59. The fourth-order valence-electron chi connectivity index (χ4n) is 1.18. The van der Waals surface area contributed by atoms with E-state index in [1.165, 1.54) is 0 Å². The molecule has 0 saturated heterocycles. The maximum atomic E-state index is 11.2. The lowest BCUT2D eigenvalue weighted by molar-refractivity contribution is 0.681. The molecule has 0 radical (unpaired) electrons. The molecule has 6 heteroatoms. The first-order valence-corrected chi connectivity index (χ1v) is 4.59. The maximum absolute atomic E-state index is 11.2. The number of rotatable bonds is 4. The van der Waals surface area contributed by atoms with Crippen LogP contribution in [-0.4, -0.2) is 21.2 Å². The van der Waals surface area contributed by atoms with Crippen LogP contribution in [-0.2, 0) is 0 Å². The number of aromatic nitrogens is 3. The summed E-state index contributed by atoms with van der Waals surface area (Å²) in [4.78, 5) is 23.9. The molecule has 0 aromatic carbocycles. The smallest absolute Gasteiger partial charge is 0.342 e. The molecule has 1 rings (SSSR count). The molecule has 1 heterocycles. The van der Waals surface area contributed by atoms with Gasteiger partial charge in [0.2, 0.25) is 5.82 Å². The molecule has 1 unspecified atom stereocenters. The summed E-state index contributed by atoms with van der Waals surface area (Å²) >= 11 is 0. The molecule has 0 amide bonds. The van der Waals surface area contributed by atoms with E-state index < -0.39 is 11.2 Å². The molecule has 14 heavy (non-hydrogen) atoms. The number of H-pyrrole nitrogens is 2. The average Bonchev–Trinajstić information content (AvgIpc) is 2.10. The van der Waals surface area contributed by atoms with E-state index in [2.05, 4.69) is 27.4 Å². The third-order valence-electron chi connectivity index (χ3n) is 1.82. The number of nitrogens with one attached hydrogen (secondary N) is 3. The number of aromatic amines is 2. The van der Waals surface area contributed by atoms with Crippen LogP contribution >= 0.6 is 0 Å². The largest absolute Gasteiger partial charge is 0.362 e. The van der Waals surface area contributed by atoms with Gasteiger partial charge in [0.15, 0.2) is 0 Å². The quantitative estimate of drug-likeness (QED) is 0.638. The van der Waals surface area contributed by atoms with Crippen molar-refractivity contribution in [1.82, 2.24) is 15.2 Å². The van der Waals surface area contributed by atoms with E-state index in [1.807, 2.05) is 6.92 Å². The van der Waals surface area contributed by atoms with E-state index in [0.29, 0.717) is 0 Å². The molecule has 0 fully saturated rings. The second-order valence-corrected chi connectivity index (χ2v) is 3.19. The monoisotopic (exact) mass is 198 g/mol. The zero-order chi connectivity index (χ0) is 10.6. The molecule has 3 N–H and O–H groups in total. The highest BCUT2D eigenvalue weighted by Crippen LogP contribution is 2.00. The Kier molecular flexibility index (Phi) is 3.44. The summed E-state index contributed by atoms with van der Waals surface area (Å²) in [6, 6.07) is 0.166. The van der Waals surface area contributed by atoms with Crippen molar-refractivity contribution in [3.8, 4) is 0 Å². The molecule has 0 bridgehead atoms. The molecule has 1 aromatic rings. The number of nitrogens with zero attached hydrogens (tertiary/aromatic N) is 1. The van der Waals surface area contributed by atoms with Crippen molar-refractivity contribution in [2.45, 2.75) is 32.7 Å². The Balaban J connectivity index is 2.77. The number of anilines is 1. The van der Waals surface area contributed by atoms with Crippen molar-refractivity contribution in [2.24, 2.45) is 0 Å². The van der Waals surface area contributed by atoms with Crippen molar-refractivity contribution in [3.63, 3.8) is 0 Å². The molecular weight excluding hydrogens is 184 g/mol. The summed E-state index contributed by atoms with van der Waals surface area (Å²) in [6.07, 6.45) is 1.97. The lowest BCUT2D eigenvalue weighted by atomic mass is 10.2. The molecule has 0 aliphatic carbocycles. The summed E-state index contributed by atoms with van der Waals surface area (Å²) in [5.74, 6) is 0.158. The summed E-state index contributed by atoms with van der Waals surface area (Å²) in [7, 11) is 0.